The molecule has 0 aliphatic carbocycles. The van der Waals surface area contributed by atoms with Crippen LogP contribution in [0.15, 0.2) is 0 Å². The van der Waals surface area contributed by atoms with E-state index in [-0.39, 0.29) is 13.2 Å². The summed E-state index contributed by atoms with van der Waals surface area (Å²) in [6, 6.07) is 0. The fraction of sp³-hybridized carbons (Fsp3) is 0.769. The van der Waals surface area contributed by atoms with E-state index in [0.29, 0.717) is 0 Å². The highest BCUT2D eigenvalue weighted by Gasteiger charge is 2.57. The van der Waals surface area contributed by atoms with Gasteiger partial charge in [-0.25, -0.2) is 0 Å². The van der Waals surface area contributed by atoms with E-state index in [0.717, 1.165) is 39.5 Å². The molecule has 0 unspecified atom stereocenters. The first-order valence-corrected chi connectivity index (χ1v) is 14.1. The Labute approximate surface area is 252 Å². The average Bonchev–Trinajstić information content (AvgIpc) is 2.89. The maximum absolute atomic E-state index is 12.3. The Morgan fingerprint density at radius 1 is 0.512 bits per heavy atom. The molecule has 0 spiro atoms. The second kappa shape index (κ2) is 16.7. The van der Waals surface area contributed by atoms with Crippen LogP contribution >= 0.6 is 11.8 Å². The zero-order valence-corrected chi connectivity index (χ0v) is 25.9. The maximum atomic E-state index is 12.3. The van der Waals surface area contributed by atoms with Gasteiger partial charge in [-0.2, -0.15) is 0 Å². The molecular formula is C26H38O16S. The Morgan fingerprint density at radius 2 is 0.814 bits per heavy atom. The quantitative estimate of drug-likeness (QED) is 0.205. The summed E-state index contributed by atoms with van der Waals surface area (Å²) in [5.41, 5.74) is 0. The third-order valence-corrected chi connectivity index (χ3v) is 7.77. The largest absolute Gasteiger partial charge is 0.463 e. The molecule has 2 saturated heterocycles. The molecule has 2 heterocycles. The van der Waals surface area contributed by atoms with Crippen LogP contribution in [0.1, 0.15) is 41.5 Å². The van der Waals surface area contributed by atoms with Gasteiger partial charge in [0.05, 0.1) is 10.5 Å². The average molecular weight is 639 g/mol. The van der Waals surface area contributed by atoms with Crippen molar-refractivity contribution in [2.75, 3.05) is 27.4 Å². The van der Waals surface area contributed by atoms with E-state index in [2.05, 4.69) is 0 Å². The van der Waals surface area contributed by atoms with E-state index in [1.54, 1.807) is 0 Å². The highest BCUT2D eigenvalue weighted by molar-refractivity contribution is 8.00. The van der Waals surface area contributed by atoms with Crippen molar-refractivity contribution in [3.63, 3.8) is 0 Å². The summed E-state index contributed by atoms with van der Waals surface area (Å²) in [4.78, 5) is 72.2. The third kappa shape index (κ3) is 10.6. The summed E-state index contributed by atoms with van der Waals surface area (Å²) < 4.78 is 55.4. The Hall–Kier alpha value is -2.99. The van der Waals surface area contributed by atoms with Crippen LogP contribution in [0.3, 0.4) is 0 Å². The first-order chi connectivity index (χ1) is 20.2. The van der Waals surface area contributed by atoms with Crippen molar-refractivity contribution < 1.29 is 76.1 Å². The first kappa shape index (κ1) is 36.2. The van der Waals surface area contributed by atoms with Gasteiger partial charge < -0.3 is 47.4 Å². The molecule has 0 amide bonds. The summed E-state index contributed by atoms with van der Waals surface area (Å²) in [5.74, 6) is -4.24. The second-order valence-corrected chi connectivity index (χ2v) is 10.9. The van der Waals surface area contributed by atoms with E-state index < -0.39 is 95.5 Å². The summed E-state index contributed by atoms with van der Waals surface area (Å²) >= 11 is 0.946. The fourth-order valence-electron chi connectivity index (χ4n) is 4.60. The van der Waals surface area contributed by atoms with E-state index in [1.165, 1.54) is 28.1 Å². The van der Waals surface area contributed by atoms with Crippen molar-refractivity contribution in [1.82, 2.24) is 0 Å². The molecule has 0 saturated carbocycles. The van der Waals surface area contributed by atoms with Crippen LogP contribution in [0, 0.1) is 0 Å². The number of methoxy groups -OCH3 is 2. The molecule has 0 bridgehead atoms. The van der Waals surface area contributed by atoms with Crippen molar-refractivity contribution >= 4 is 47.6 Å². The Bertz CT molecular complexity index is 941. The number of ether oxygens (including phenoxy) is 10. The molecule has 0 aromatic rings. The highest BCUT2D eigenvalue weighted by atomic mass is 32.2. The monoisotopic (exact) mass is 638 g/mol. The summed E-state index contributed by atoms with van der Waals surface area (Å²) in [6.07, 6.45) is -9.72. The minimum atomic E-state index is -1.25. The topological polar surface area (TPSA) is 195 Å². The number of thioether (sulfide) groups is 1. The van der Waals surface area contributed by atoms with Gasteiger partial charge in [0, 0.05) is 55.8 Å². The lowest BCUT2D eigenvalue weighted by atomic mass is 10.0. The smallest absolute Gasteiger partial charge is 0.303 e. The summed E-state index contributed by atoms with van der Waals surface area (Å²) in [5, 5.41) is -2.14. The van der Waals surface area contributed by atoms with Crippen molar-refractivity contribution in [2.24, 2.45) is 0 Å². The van der Waals surface area contributed by atoms with Gasteiger partial charge in [0.2, 0.25) is 0 Å². The molecule has 0 aromatic carbocycles. The van der Waals surface area contributed by atoms with Crippen LogP contribution in [-0.4, -0.2) is 123 Å². The molecule has 0 radical (unpaired) electrons. The molecule has 2 aliphatic rings. The highest BCUT2D eigenvalue weighted by Crippen LogP contribution is 2.43. The number of rotatable bonds is 12. The predicted octanol–water partition coefficient (Wildman–Crippen LogP) is 0.0524. The minimum absolute atomic E-state index is 0.374. The van der Waals surface area contributed by atoms with E-state index in [1.807, 2.05) is 0 Å². The molecule has 2 rings (SSSR count). The lowest BCUT2D eigenvalue weighted by Gasteiger charge is -2.49. The van der Waals surface area contributed by atoms with Crippen LogP contribution in [-0.2, 0) is 76.1 Å². The molecule has 0 aromatic heterocycles. The van der Waals surface area contributed by atoms with Crippen LogP contribution < -0.4 is 0 Å². The van der Waals surface area contributed by atoms with E-state index in [9.17, 15) is 28.8 Å². The molecule has 16 nitrogen and oxygen atoms in total. The van der Waals surface area contributed by atoms with Gasteiger partial charge in [0.25, 0.3) is 0 Å². The molecular weight excluding hydrogens is 600 g/mol. The Kier molecular flexibility index (Phi) is 14.1. The SMILES string of the molecule is CO[C@H]1O[C@H](COC(C)=O)[C@@H](OC(C)=O)[C@H](S[C@@H]2[C@@H](OC(C)=O)[C@@H](OC)O[C@H](COC(C)=O)[C@H]2OC(C)=O)[C@H]1OC(C)=O. The van der Waals surface area contributed by atoms with Crippen molar-refractivity contribution in [3.05, 3.63) is 0 Å². The third-order valence-electron chi connectivity index (χ3n) is 6.07. The fourth-order valence-corrected chi connectivity index (χ4v) is 6.41. The number of esters is 6. The van der Waals surface area contributed by atoms with Gasteiger partial charge in [0.15, 0.2) is 24.8 Å². The normalized spacial score (nSPS) is 32.1. The maximum Gasteiger partial charge on any atom is 0.303 e. The van der Waals surface area contributed by atoms with Gasteiger partial charge >= 0.3 is 35.8 Å². The first-order valence-electron chi connectivity index (χ1n) is 13.2. The molecule has 0 N–H and O–H groups in total. The molecule has 2 fully saturated rings. The van der Waals surface area contributed by atoms with Gasteiger partial charge in [0.1, 0.15) is 37.6 Å². The Balaban J connectivity index is 2.71. The van der Waals surface area contributed by atoms with E-state index >= 15 is 0 Å². The predicted molar refractivity (Wildman–Crippen MR) is 142 cm³/mol. The van der Waals surface area contributed by atoms with Crippen molar-refractivity contribution in [1.29, 1.82) is 0 Å². The molecule has 17 heteroatoms. The van der Waals surface area contributed by atoms with Gasteiger partial charge in [-0.1, -0.05) is 0 Å². The van der Waals surface area contributed by atoms with Gasteiger partial charge in [-0.3, -0.25) is 28.8 Å². The lowest BCUT2D eigenvalue weighted by molar-refractivity contribution is -0.271. The molecule has 2 aliphatic heterocycles. The van der Waals surface area contributed by atoms with Crippen LogP contribution in [0.25, 0.3) is 0 Å². The summed E-state index contributed by atoms with van der Waals surface area (Å²) in [6.45, 7) is 6.18. The standard InChI is InChI=1S/C26H38O16S/c1-11(27)35-9-17-19(37-13(3)29)23(21(39-15(5)31)25(33-7)41-17)43-24-20(38-14(4)30)18(10-36-12(2)28)42-26(34-8)22(24)40-16(6)32/h17-26H,9-10H2,1-8H3/t17-,18-,19-,20-,21-,22-,23+,24+,25+,26+/m1/s1. The number of carbonyl (C=O) groups is 6. The zero-order valence-electron chi connectivity index (χ0n) is 25.1. The molecule has 244 valence electrons. The van der Waals surface area contributed by atoms with Gasteiger partial charge in [-0.05, 0) is 0 Å². The zero-order chi connectivity index (χ0) is 32.4. The Morgan fingerprint density at radius 3 is 1.07 bits per heavy atom. The van der Waals surface area contributed by atoms with E-state index in [4.69, 9.17) is 47.4 Å². The number of hydrogen-bond donors (Lipinski definition) is 0. The van der Waals surface area contributed by atoms with Crippen molar-refractivity contribution in [2.45, 2.75) is 101 Å². The van der Waals surface area contributed by atoms with Crippen LogP contribution in [0.2, 0.25) is 0 Å². The molecule has 43 heavy (non-hydrogen) atoms. The van der Waals surface area contributed by atoms with Gasteiger partial charge in [-0.15, -0.1) is 11.8 Å². The second-order valence-electron chi connectivity index (χ2n) is 9.52. The van der Waals surface area contributed by atoms with Crippen LogP contribution in [0.5, 0.6) is 0 Å². The summed E-state index contributed by atoms with van der Waals surface area (Å²) in [7, 11) is 2.57. The van der Waals surface area contributed by atoms with Crippen LogP contribution in [0.4, 0.5) is 0 Å². The number of hydrogen-bond acceptors (Lipinski definition) is 17. The molecule has 10 atom stereocenters. The van der Waals surface area contributed by atoms with Crippen molar-refractivity contribution in [3.8, 4) is 0 Å². The minimum Gasteiger partial charge on any atom is -0.463 e. The lowest BCUT2D eigenvalue weighted by Crippen LogP contribution is -2.64. The number of carbonyl (C=O) groups excluding carboxylic acids is 6.